The average Bonchev–Trinajstić information content (AvgIpc) is 0.883. The second kappa shape index (κ2) is 20.1. The van der Waals surface area contributed by atoms with Crippen molar-refractivity contribution in [3.63, 3.8) is 0 Å². The van der Waals surface area contributed by atoms with E-state index in [4.69, 9.17) is 0 Å². The summed E-state index contributed by atoms with van der Waals surface area (Å²) >= 11 is 0. The van der Waals surface area contributed by atoms with Crippen LogP contribution in [0.1, 0.15) is 174 Å². The van der Waals surface area contributed by atoms with Crippen molar-refractivity contribution in [1.29, 1.82) is 0 Å². The molecule has 4 heteroatoms. The van der Waals surface area contributed by atoms with E-state index in [1.807, 2.05) is 0 Å². The molecule has 0 saturated heterocycles. The Morgan fingerprint density at radius 1 is 0.333 bits per heavy atom. The van der Waals surface area contributed by atoms with Crippen LogP contribution in [0.3, 0.4) is 0 Å². The third-order valence-corrected chi connectivity index (χ3v) is 22.5. The van der Waals surface area contributed by atoms with Gasteiger partial charge in [-0.2, -0.15) is 0 Å². The van der Waals surface area contributed by atoms with E-state index in [-0.39, 0.29) is 44.7 Å². The standard InChI is InChI=1S/C86H88BN3/c1-80(2,3)59-38-42-72(63(48-59)56-31-21-17-22-32-56)88-75-41-37-58(55-29-19-16-20-30-55)47-70(75)87-71-53-67-68(84(12,13)66-36-26-25-35-65(66)83(67,10)11)54-76(71)89(73-43-39-60(81(4,5)6)49-64(73)57-33-23-18-24-34-57)78-52-62(51-77(88)79(78)87)90-74-44-40-61(82(7,8)9)50-69(74)85(14)45-27-28-46-86(85,90)15/h16-26,29-44,47-54H,27-28,45-46H2,1-15H3. The van der Waals surface area contributed by atoms with Gasteiger partial charge in [0.25, 0.3) is 6.71 Å². The molecule has 90 heavy (non-hydrogen) atoms. The number of rotatable bonds is 6. The summed E-state index contributed by atoms with van der Waals surface area (Å²) in [7, 11) is 0. The highest BCUT2D eigenvalue weighted by molar-refractivity contribution is 7.00. The zero-order valence-corrected chi connectivity index (χ0v) is 56.0. The number of benzene rings is 10. The molecule has 2 unspecified atom stereocenters. The van der Waals surface area contributed by atoms with Gasteiger partial charge < -0.3 is 14.7 Å². The molecule has 10 aromatic carbocycles. The smallest absolute Gasteiger partial charge is 0.252 e. The lowest BCUT2D eigenvalue weighted by Crippen LogP contribution is -2.62. The van der Waals surface area contributed by atoms with Crippen molar-refractivity contribution in [2.45, 2.75) is 168 Å². The highest BCUT2D eigenvalue weighted by Gasteiger charge is 2.59. The minimum absolute atomic E-state index is 0.0000914. The van der Waals surface area contributed by atoms with Crippen molar-refractivity contribution < 1.29 is 0 Å². The Labute approximate surface area is 538 Å². The molecule has 1 saturated carbocycles. The maximum Gasteiger partial charge on any atom is 0.252 e. The van der Waals surface area contributed by atoms with E-state index in [0.717, 1.165) is 12.8 Å². The van der Waals surface area contributed by atoms with Gasteiger partial charge in [0.05, 0.1) is 16.9 Å². The summed E-state index contributed by atoms with van der Waals surface area (Å²) < 4.78 is 0. The summed E-state index contributed by atoms with van der Waals surface area (Å²) in [6.45, 7) is 36.3. The van der Waals surface area contributed by atoms with Gasteiger partial charge in [0.2, 0.25) is 0 Å². The van der Waals surface area contributed by atoms with Crippen LogP contribution in [0.25, 0.3) is 33.4 Å². The number of hydrogen-bond acceptors (Lipinski definition) is 3. The van der Waals surface area contributed by atoms with E-state index in [2.05, 4.69) is 331 Å². The molecule has 15 rings (SSSR count). The average molecular weight is 1170 g/mol. The topological polar surface area (TPSA) is 9.72 Å². The Morgan fingerprint density at radius 3 is 1.29 bits per heavy atom. The molecule has 0 amide bonds. The van der Waals surface area contributed by atoms with Crippen LogP contribution in [-0.2, 0) is 32.5 Å². The van der Waals surface area contributed by atoms with E-state index >= 15 is 0 Å². The van der Waals surface area contributed by atoms with Gasteiger partial charge in [-0.25, -0.2) is 0 Å². The Kier molecular flexibility index (Phi) is 13.0. The quantitative estimate of drug-likeness (QED) is 0.154. The minimum atomic E-state index is -0.298. The molecule has 3 heterocycles. The van der Waals surface area contributed by atoms with Crippen LogP contribution in [0.5, 0.6) is 0 Å². The fourth-order valence-electron chi connectivity index (χ4n) is 17.1. The van der Waals surface area contributed by atoms with Crippen LogP contribution in [0.15, 0.2) is 212 Å². The van der Waals surface area contributed by atoms with Gasteiger partial charge >= 0.3 is 0 Å². The first-order valence-corrected chi connectivity index (χ1v) is 33.4. The molecule has 450 valence electrons. The van der Waals surface area contributed by atoms with Crippen molar-refractivity contribution in [1.82, 2.24) is 0 Å². The number of nitrogens with zero attached hydrogens (tertiary/aromatic N) is 3. The van der Waals surface area contributed by atoms with Gasteiger partial charge in [-0.05, 0) is 174 Å². The normalized spacial score (nSPS) is 19.3. The van der Waals surface area contributed by atoms with Gasteiger partial charge in [0.15, 0.2) is 0 Å². The summed E-state index contributed by atoms with van der Waals surface area (Å²) in [6.07, 6.45) is 4.65. The van der Waals surface area contributed by atoms with Gasteiger partial charge in [-0.15, -0.1) is 0 Å². The summed E-state index contributed by atoms with van der Waals surface area (Å²) in [4.78, 5) is 8.34. The molecule has 0 aromatic heterocycles. The second-order valence-corrected chi connectivity index (χ2v) is 31.7. The predicted molar refractivity (Wildman–Crippen MR) is 386 cm³/mol. The predicted octanol–water partition coefficient (Wildman–Crippen LogP) is 21.4. The summed E-state index contributed by atoms with van der Waals surface area (Å²) in [5, 5.41) is 0. The monoisotopic (exact) mass is 1170 g/mol. The molecule has 10 aromatic rings. The minimum Gasteiger partial charge on any atom is -0.334 e. The molecular formula is C86H88BN3. The molecular weight excluding hydrogens is 1090 g/mol. The lowest BCUT2D eigenvalue weighted by molar-refractivity contribution is 0.195. The van der Waals surface area contributed by atoms with Crippen LogP contribution in [0.2, 0.25) is 0 Å². The molecule has 1 fully saturated rings. The maximum atomic E-state index is 2.86. The van der Waals surface area contributed by atoms with Crippen molar-refractivity contribution in [3.05, 3.63) is 257 Å². The fourth-order valence-corrected chi connectivity index (χ4v) is 17.1. The number of fused-ring (bicyclic) bond motifs is 9. The van der Waals surface area contributed by atoms with Crippen molar-refractivity contribution in [3.8, 4) is 33.4 Å². The molecule has 2 atom stereocenters. The molecule has 0 spiro atoms. The molecule has 3 aliphatic heterocycles. The van der Waals surface area contributed by atoms with E-state index < -0.39 is 0 Å². The van der Waals surface area contributed by atoms with Crippen LogP contribution >= 0.6 is 0 Å². The molecule has 0 radical (unpaired) electrons. The highest BCUT2D eigenvalue weighted by Crippen LogP contribution is 2.63. The maximum absolute atomic E-state index is 2.86. The van der Waals surface area contributed by atoms with Crippen molar-refractivity contribution in [2.75, 3.05) is 14.7 Å². The fraction of sp³-hybridized carbons (Fsp3) is 0.302. The van der Waals surface area contributed by atoms with Crippen LogP contribution in [0.4, 0.5) is 45.5 Å². The SMILES string of the molecule is CC(C)(C)c1ccc(N2c3ccc(-c4ccccc4)cc3B3c4cc5c(cc4N(c4ccc(C(C)(C)C)cc4-c4ccccc4)c4cc(N6c7ccc(C(C)(C)C)cc7C7(C)CCCCC67C)cc2c43)C(C)(C)c2ccccc2C5(C)C)c(-c2ccccc2)c1. The van der Waals surface area contributed by atoms with E-state index in [9.17, 15) is 0 Å². The van der Waals surface area contributed by atoms with E-state index in [1.165, 1.54) is 153 Å². The first-order chi connectivity index (χ1) is 42.8. The highest BCUT2D eigenvalue weighted by atomic mass is 15.3. The first kappa shape index (κ1) is 58.1. The third kappa shape index (κ3) is 8.65. The molecule has 0 N–H and O–H groups in total. The second-order valence-electron chi connectivity index (χ2n) is 31.7. The zero-order valence-electron chi connectivity index (χ0n) is 56.0. The zero-order chi connectivity index (χ0) is 62.8. The van der Waals surface area contributed by atoms with E-state index in [0.29, 0.717) is 0 Å². The summed E-state index contributed by atoms with van der Waals surface area (Å²) in [5.74, 6) is 0. The molecule has 0 bridgehead atoms. The molecule has 5 aliphatic rings. The van der Waals surface area contributed by atoms with Crippen LogP contribution < -0.4 is 31.1 Å². The largest absolute Gasteiger partial charge is 0.334 e. The van der Waals surface area contributed by atoms with E-state index in [1.54, 1.807) is 0 Å². The number of hydrogen-bond donors (Lipinski definition) is 0. The Bertz CT molecular complexity index is 4530. The van der Waals surface area contributed by atoms with Gasteiger partial charge in [-0.3, -0.25) is 0 Å². The molecule has 2 aliphatic carbocycles. The Balaban J connectivity index is 1.13. The van der Waals surface area contributed by atoms with Gasteiger partial charge in [-0.1, -0.05) is 267 Å². The Hall–Kier alpha value is -8.34. The van der Waals surface area contributed by atoms with Crippen LogP contribution in [0, 0.1) is 0 Å². The molecule has 3 nitrogen and oxygen atoms in total. The summed E-state index contributed by atoms with van der Waals surface area (Å²) in [6, 6.07) is 83.4. The van der Waals surface area contributed by atoms with Crippen molar-refractivity contribution >= 4 is 68.6 Å². The lowest BCUT2D eigenvalue weighted by atomic mass is 9.33. The first-order valence-electron chi connectivity index (χ1n) is 33.4. The Morgan fingerprint density at radius 2 is 0.767 bits per heavy atom. The van der Waals surface area contributed by atoms with Crippen LogP contribution in [-0.4, -0.2) is 12.3 Å². The number of anilines is 8. The summed E-state index contributed by atoms with van der Waals surface area (Å²) in [5.41, 5.74) is 31.1. The van der Waals surface area contributed by atoms with Gasteiger partial charge in [0, 0.05) is 61.5 Å². The lowest BCUT2D eigenvalue weighted by Gasteiger charge is -2.51. The van der Waals surface area contributed by atoms with Crippen molar-refractivity contribution in [2.24, 2.45) is 0 Å². The third-order valence-electron chi connectivity index (χ3n) is 22.5. The van der Waals surface area contributed by atoms with Gasteiger partial charge in [0.1, 0.15) is 0 Å².